The Balaban J connectivity index is 1.28. The van der Waals surface area contributed by atoms with Crippen molar-refractivity contribution in [1.82, 2.24) is 19.9 Å². The van der Waals surface area contributed by atoms with Crippen LogP contribution < -0.4 is 9.64 Å². The van der Waals surface area contributed by atoms with E-state index in [4.69, 9.17) is 9.47 Å². The first kappa shape index (κ1) is 21.3. The second-order valence-corrected chi connectivity index (χ2v) is 9.62. The number of anilines is 1. The normalized spacial score (nSPS) is 22.2. The molecule has 2 fully saturated rings. The molecule has 2 aliphatic heterocycles. The number of halogens is 2. The molecule has 0 amide bonds. The van der Waals surface area contributed by atoms with E-state index in [2.05, 4.69) is 24.8 Å². The SMILES string of the molecule is Cc1ccc(-c2csc3c(OC4C5COCC4CN(c4ncc(F)cn4)C5)ncnc23)c(F)c1. The standard InChI is InChI=1S/C24H21F2N5O2S/c1-13-2-3-17(19(26)4-13)18-11-34-22-20(18)29-12-30-23(22)33-21-14-7-31(8-15(21)10-32-9-14)24-27-5-16(25)6-28-24/h2-6,11-12,14-15,21H,7-10H2,1H3. The summed E-state index contributed by atoms with van der Waals surface area (Å²) in [4.78, 5) is 19.2. The molecule has 0 aliphatic carbocycles. The lowest BCUT2D eigenvalue weighted by atomic mass is 9.84. The molecule has 4 aromatic rings. The number of aromatic nitrogens is 4. The number of fused-ring (bicyclic) bond motifs is 3. The minimum Gasteiger partial charge on any atom is -0.472 e. The van der Waals surface area contributed by atoms with Gasteiger partial charge in [-0.1, -0.05) is 12.1 Å². The van der Waals surface area contributed by atoms with Crippen molar-refractivity contribution < 1.29 is 18.3 Å². The highest BCUT2D eigenvalue weighted by molar-refractivity contribution is 7.18. The van der Waals surface area contributed by atoms with Crippen molar-refractivity contribution in [2.45, 2.75) is 13.0 Å². The zero-order chi connectivity index (χ0) is 23.2. The molecule has 1 aromatic carbocycles. The Labute approximate surface area is 198 Å². The van der Waals surface area contributed by atoms with Crippen molar-refractivity contribution in [2.75, 3.05) is 31.2 Å². The molecule has 0 spiro atoms. The lowest BCUT2D eigenvalue weighted by Crippen LogP contribution is -2.58. The van der Waals surface area contributed by atoms with Gasteiger partial charge in [-0.2, -0.15) is 0 Å². The van der Waals surface area contributed by atoms with Gasteiger partial charge in [0.1, 0.15) is 22.9 Å². The molecule has 6 rings (SSSR count). The van der Waals surface area contributed by atoms with Crippen LogP contribution in [-0.2, 0) is 4.74 Å². The molecule has 10 heteroatoms. The summed E-state index contributed by atoms with van der Waals surface area (Å²) in [5.74, 6) is 0.411. The van der Waals surface area contributed by atoms with E-state index in [-0.39, 0.29) is 23.8 Å². The molecule has 0 saturated carbocycles. The smallest absolute Gasteiger partial charge is 0.235 e. The van der Waals surface area contributed by atoms with Gasteiger partial charge in [0.2, 0.25) is 11.8 Å². The highest BCUT2D eigenvalue weighted by Crippen LogP contribution is 2.40. The molecular weight excluding hydrogens is 460 g/mol. The Hall–Kier alpha value is -3.24. The number of benzene rings is 1. The average molecular weight is 482 g/mol. The van der Waals surface area contributed by atoms with Crippen LogP contribution >= 0.6 is 11.3 Å². The maximum atomic E-state index is 14.6. The Kier molecular flexibility index (Phi) is 5.34. The number of thiophene rings is 1. The van der Waals surface area contributed by atoms with Gasteiger partial charge in [0.15, 0.2) is 5.82 Å². The average Bonchev–Trinajstić information content (AvgIpc) is 3.24. The molecule has 3 aromatic heterocycles. The summed E-state index contributed by atoms with van der Waals surface area (Å²) in [5, 5.41) is 1.90. The zero-order valence-corrected chi connectivity index (χ0v) is 19.1. The van der Waals surface area contributed by atoms with E-state index in [9.17, 15) is 8.78 Å². The topological polar surface area (TPSA) is 73.3 Å². The maximum Gasteiger partial charge on any atom is 0.235 e. The van der Waals surface area contributed by atoms with E-state index >= 15 is 0 Å². The first-order chi connectivity index (χ1) is 16.6. The van der Waals surface area contributed by atoms with Crippen molar-refractivity contribution in [3.05, 3.63) is 59.5 Å². The van der Waals surface area contributed by atoms with E-state index in [1.807, 2.05) is 18.4 Å². The molecule has 2 aliphatic rings. The first-order valence-corrected chi connectivity index (χ1v) is 11.9. The van der Waals surface area contributed by atoms with E-state index in [1.165, 1.54) is 36.1 Å². The minimum absolute atomic E-state index is 0.0696. The van der Waals surface area contributed by atoms with Gasteiger partial charge in [0, 0.05) is 41.4 Å². The van der Waals surface area contributed by atoms with Crippen LogP contribution in [0.3, 0.4) is 0 Å². The van der Waals surface area contributed by atoms with Gasteiger partial charge in [-0.05, 0) is 18.6 Å². The molecule has 2 bridgehead atoms. The summed E-state index contributed by atoms with van der Waals surface area (Å²) in [6.07, 6.45) is 3.72. The highest BCUT2D eigenvalue weighted by Gasteiger charge is 2.43. The number of piperidine rings is 1. The van der Waals surface area contributed by atoms with Crippen LogP contribution in [-0.4, -0.2) is 52.3 Å². The maximum absolute atomic E-state index is 14.6. The third kappa shape index (κ3) is 3.76. The fourth-order valence-corrected chi connectivity index (χ4v) is 5.75. The van der Waals surface area contributed by atoms with Gasteiger partial charge >= 0.3 is 0 Å². The Morgan fingerprint density at radius 3 is 2.53 bits per heavy atom. The molecule has 5 heterocycles. The molecule has 7 nitrogen and oxygen atoms in total. The second kappa shape index (κ2) is 8.52. The summed E-state index contributed by atoms with van der Waals surface area (Å²) in [5.41, 5.74) is 2.79. The largest absolute Gasteiger partial charge is 0.472 e. The predicted molar refractivity (Wildman–Crippen MR) is 124 cm³/mol. The third-order valence-electron chi connectivity index (χ3n) is 6.38. The summed E-state index contributed by atoms with van der Waals surface area (Å²) >= 11 is 1.45. The number of nitrogens with zero attached hydrogens (tertiary/aromatic N) is 5. The first-order valence-electron chi connectivity index (χ1n) is 11.0. The van der Waals surface area contributed by atoms with E-state index in [1.54, 1.807) is 6.07 Å². The summed E-state index contributed by atoms with van der Waals surface area (Å²) in [6.45, 7) is 4.20. The molecule has 2 atom stereocenters. The van der Waals surface area contributed by atoms with Crippen molar-refractivity contribution in [3.63, 3.8) is 0 Å². The second-order valence-electron chi connectivity index (χ2n) is 8.74. The fraction of sp³-hybridized carbons (Fsp3) is 0.333. The van der Waals surface area contributed by atoms with Crippen LogP contribution in [0.4, 0.5) is 14.7 Å². The molecule has 2 saturated heterocycles. The summed E-state index contributed by atoms with van der Waals surface area (Å²) in [6, 6.07) is 5.20. The molecule has 0 N–H and O–H groups in total. The van der Waals surface area contributed by atoms with Crippen LogP contribution in [0, 0.1) is 30.4 Å². The lowest BCUT2D eigenvalue weighted by molar-refractivity contribution is -0.0764. The van der Waals surface area contributed by atoms with Crippen LogP contribution in [0.2, 0.25) is 0 Å². The van der Waals surface area contributed by atoms with Crippen molar-refractivity contribution in [3.8, 4) is 17.0 Å². The number of aryl methyl sites for hydroxylation is 1. The number of hydrogen-bond acceptors (Lipinski definition) is 8. The monoisotopic (exact) mass is 481 g/mol. The van der Waals surface area contributed by atoms with Crippen molar-refractivity contribution in [1.29, 1.82) is 0 Å². The fourth-order valence-electron chi connectivity index (χ4n) is 4.80. The van der Waals surface area contributed by atoms with E-state index < -0.39 is 5.82 Å². The Bertz CT molecular complexity index is 1340. The Morgan fingerprint density at radius 2 is 1.79 bits per heavy atom. The van der Waals surface area contributed by atoms with Gasteiger partial charge < -0.3 is 14.4 Å². The predicted octanol–water partition coefficient (Wildman–Crippen LogP) is 4.27. The van der Waals surface area contributed by atoms with Crippen LogP contribution in [0.25, 0.3) is 21.3 Å². The van der Waals surface area contributed by atoms with Crippen molar-refractivity contribution >= 4 is 27.5 Å². The van der Waals surface area contributed by atoms with Gasteiger partial charge in [0.25, 0.3) is 0 Å². The minimum atomic E-state index is -0.459. The Morgan fingerprint density at radius 1 is 1.03 bits per heavy atom. The number of ether oxygens (including phenoxy) is 2. The number of hydrogen-bond donors (Lipinski definition) is 0. The van der Waals surface area contributed by atoms with E-state index in [0.717, 1.165) is 15.8 Å². The third-order valence-corrected chi connectivity index (χ3v) is 7.33. The quantitative estimate of drug-likeness (QED) is 0.431. The van der Waals surface area contributed by atoms with Gasteiger partial charge in [0.05, 0.1) is 31.1 Å². The van der Waals surface area contributed by atoms with Crippen LogP contribution in [0.15, 0.2) is 42.3 Å². The highest BCUT2D eigenvalue weighted by atomic mass is 32.1. The van der Waals surface area contributed by atoms with Gasteiger partial charge in [-0.15, -0.1) is 11.3 Å². The van der Waals surface area contributed by atoms with Crippen molar-refractivity contribution in [2.24, 2.45) is 11.8 Å². The zero-order valence-electron chi connectivity index (χ0n) is 18.3. The lowest BCUT2D eigenvalue weighted by Gasteiger charge is -2.46. The van der Waals surface area contributed by atoms with Gasteiger partial charge in [-0.3, -0.25) is 0 Å². The molecule has 34 heavy (non-hydrogen) atoms. The summed E-state index contributed by atoms with van der Waals surface area (Å²) in [7, 11) is 0. The van der Waals surface area contributed by atoms with Crippen LogP contribution in [0.1, 0.15) is 5.56 Å². The molecule has 0 radical (unpaired) electrons. The van der Waals surface area contributed by atoms with Gasteiger partial charge in [-0.25, -0.2) is 28.7 Å². The van der Waals surface area contributed by atoms with E-state index in [0.29, 0.717) is 49.2 Å². The summed E-state index contributed by atoms with van der Waals surface area (Å²) < 4.78 is 41.0. The molecule has 2 unspecified atom stereocenters. The molecular formula is C24H21F2N5O2S. The number of rotatable bonds is 4. The molecule has 174 valence electrons. The van der Waals surface area contributed by atoms with Crippen LogP contribution in [0.5, 0.6) is 5.88 Å².